The molecule has 0 atom stereocenters. The highest BCUT2D eigenvalue weighted by Crippen LogP contribution is 2.37. The van der Waals surface area contributed by atoms with Crippen LogP contribution < -0.4 is 11.5 Å². The van der Waals surface area contributed by atoms with E-state index in [0.717, 1.165) is 11.1 Å². The summed E-state index contributed by atoms with van der Waals surface area (Å²) < 4.78 is 0. The van der Waals surface area contributed by atoms with Crippen LogP contribution in [-0.4, -0.2) is 59.6 Å². The van der Waals surface area contributed by atoms with Crippen LogP contribution in [0, 0.1) is 0 Å². The van der Waals surface area contributed by atoms with Gasteiger partial charge in [-0.3, -0.25) is 19.2 Å². The molecule has 8 heteroatoms. The maximum atomic E-state index is 13.0. The van der Waals surface area contributed by atoms with Gasteiger partial charge in [-0.05, 0) is 36.8 Å². The van der Waals surface area contributed by atoms with Gasteiger partial charge in [0.2, 0.25) is 11.8 Å². The first-order valence-corrected chi connectivity index (χ1v) is 11.6. The minimum atomic E-state index is -0.844. The standard InChI is InChI=1S/C26H30N4O4/c27-23(33)25(19-7-3-1-4-8-19)11-15-29(16-12-25)21(31)22(32)30-17-13-26(14-18-30,24(28)34)20-9-5-2-6-10-20/h1-10H,11-18H2,(H2,27,33)(H2,28,34). The van der Waals surface area contributed by atoms with E-state index in [1.807, 2.05) is 60.7 Å². The summed E-state index contributed by atoms with van der Waals surface area (Å²) >= 11 is 0. The molecule has 0 radical (unpaired) electrons. The van der Waals surface area contributed by atoms with Crippen molar-refractivity contribution >= 4 is 23.6 Å². The van der Waals surface area contributed by atoms with E-state index in [1.165, 1.54) is 9.80 Å². The number of amides is 4. The van der Waals surface area contributed by atoms with Gasteiger partial charge in [-0.15, -0.1) is 0 Å². The Morgan fingerprint density at radius 1 is 0.559 bits per heavy atom. The van der Waals surface area contributed by atoms with Crippen LogP contribution in [-0.2, 0) is 30.0 Å². The van der Waals surface area contributed by atoms with E-state index < -0.39 is 34.5 Å². The third-order valence-electron chi connectivity index (χ3n) is 7.59. The minimum Gasteiger partial charge on any atom is -0.369 e. The summed E-state index contributed by atoms with van der Waals surface area (Å²) in [6.45, 7) is 1.08. The highest BCUT2D eigenvalue weighted by molar-refractivity contribution is 6.35. The average molecular weight is 463 g/mol. The second-order valence-corrected chi connectivity index (χ2v) is 9.21. The summed E-state index contributed by atoms with van der Waals surface area (Å²) in [5.41, 5.74) is 11.5. The van der Waals surface area contributed by atoms with Gasteiger partial charge in [-0.2, -0.15) is 0 Å². The molecule has 178 valence electrons. The van der Waals surface area contributed by atoms with E-state index in [4.69, 9.17) is 11.5 Å². The van der Waals surface area contributed by atoms with Crippen molar-refractivity contribution in [2.45, 2.75) is 36.5 Å². The van der Waals surface area contributed by atoms with Gasteiger partial charge in [0.15, 0.2) is 0 Å². The van der Waals surface area contributed by atoms with Crippen LogP contribution in [0.4, 0.5) is 0 Å². The fraction of sp³-hybridized carbons (Fsp3) is 0.385. The average Bonchev–Trinajstić information content (AvgIpc) is 2.88. The van der Waals surface area contributed by atoms with E-state index in [1.54, 1.807) is 0 Å². The van der Waals surface area contributed by atoms with Gasteiger partial charge in [-0.25, -0.2) is 0 Å². The third-order valence-corrected chi connectivity index (χ3v) is 7.59. The lowest BCUT2D eigenvalue weighted by Gasteiger charge is -2.42. The summed E-state index contributed by atoms with van der Waals surface area (Å²) in [5, 5.41) is 0. The van der Waals surface area contributed by atoms with Crippen LogP contribution in [0.3, 0.4) is 0 Å². The molecule has 2 saturated heterocycles. The number of piperidine rings is 2. The number of benzene rings is 2. The van der Waals surface area contributed by atoms with Crippen molar-refractivity contribution in [3.63, 3.8) is 0 Å². The van der Waals surface area contributed by atoms with E-state index in [2.05, 4.69) is 0 Å². The Labute approximate surface area is 198 Å². The van der Waals surface area contributed by atoms with Crippen LogP contribution in [0.1, 0.15) is 36.8 Å². The van der Waals surface area contributed by atoms with Gasteiger partial charge >= 0.3 is 11.8 Å². The lowest BCUT2D eigenvalue weighted by atomic mass is 9.72. The summed E-state index contributed by atoms with van der Waals surface area (Å²) in [5.74, 6) is -2.01. The second-order valence-electron chi connectivity index (χ2n) is 9.21. The van der Waals surface area contributed by atoms with Gasteiger partial charge in [0, 0.05) is 26.2 Å². The van der Waals surface area contributed by atoms with Gasteiger partial charge in [-0.1, -0.05) is 60.7 Å². The fourth-order valence-corrected chi connectivity index (χ4v) is 5.32. The SMILES string of the molecule is NC(=O)C1(c2ccccc2)CCN(C(=O)C(=O)N2CCC(C(N)=O)(c3ccccc3)CC2)CC1. The molecule has 4 N–H and O–H groups in total. The van der Waals surface area contributed by atoms with Crippen molar-refractivity contribution in [1.82, 2.24) is 9.80 Å². The molecule has 0 aromatic heterocycles. The largest absolute Gasteiger partial charge is 0.369 e. The molecule has 0 bridgehead atoms. The number of carbonyl (C=O) groups is 4. The predicted octanol–water partition coefficient (Wildman–Crippen LogP) is 1.08. The molecule has 34 heavy (non-hydrogen) atoms. The Kier molecular flexibility index (Phi) is 6.41. The molecule has 4 rings (SSSR count). The molecule has 4 amide bonds. The molecule has 2 aliphatic heterocycles. The molecule has 2 heterocycles. The quantitative estimate of drug-likeness (QED) is 0.659. The highest BCUT2D eigenvalue weighted by Gasteiger charge is 2.46. The topological polar surface area (TPSA) is 127 Å². The number of hydrogen-bond acceptors (Lipinski definition) is 4. The van der Waals surface area contributed by atoms with Crippen LogP contribution in [0.15, 0.2) is 60.7 Å². The van der Waals surface area contributed by atoms with Crippen molar-refractivity contribution < 1.29 is 19.2 Å². The lowest BCUT2D eigenvalue weighted by molar-refractivity contribution is -0.154. The number of carbonyl (C=O) groups excluding carboxylic acids is 4. The third kappa shape index (κ3) is 4.04. The monoisotopic (exact) mass is 462 g/mol. The van der Waals surface area contributed by atoms with Crippen molar-refractivity contribution in [3.8, 4) is 0 Å². The lowest BCUT2D eigenvalue weighted by Crippen LogP contribution is -2.56. The maximum absolute atomic E-state index is 13.0. The molecule has 0 aliphatic carbocycles. The van der Waals surface area contributed by atoms with Crippen molar-refractivity contribution in [2.75, 3.05) is 26.2 Å². The van der Waals surface area contributed by atoms with Crippen LogP contribution >= 0.6 is 0 Å². The first-order valence-electron chi connectivity index (χ1n) is 11.6. The van der Waals surface area contributed by atoms with Gasteiger partial charge in [0.1, 0.15) is 0 Å². The minimum absolute atomic E-state index is 0.269. The zero-order valence-corrected chi connectivity index (χ0v) is 19.1. The molecular weight excluding hydrogens is 432 g/mol. The molecule has 2 fully saturated rings. The van der Waals surface area contributed by atoms with Crippen LogP contribution in [0.25, 0.3) is 0 Å². The van der Waals surface area contributed by atoms with Crippen LogP contribution in [0.5, 0.6) is 0 Å². The van der Waals surface area contributed by atoms with Crippen molar-refractivity contribution in [3.05, 3.63) is 71.8 Å². The molecule has 8 nitrogen and oxygen atoms in total. The molecule has 2 aliphatic rings. The van der Waals surface area contributed by atoms with E-state index in [0.29, 0.717) is 25.7 Å². The molecular formula is C26H30N4O4. The zero-order chi connectivity index (χ0) is 24.3. The second kappa shape index (κ2) is 9.29. The van der Waals surface area contributed by atoms with E-state index in [-0.39, 0.29) is 26.2 Å². The van der Waals surface area contributed by atoms with E-state index in [9.17, 15) is 19.2 Å². The molecule has 0 spiro atoms. The molecule has 2 aromatic carbocycles. The van der Waals surface area contributed by atoms with Crippen molar-refractivity contribution in [2.24, 2.45) is 11.5 Å². The Morgan fingerprint density at radius 2 is 0.853 bits per heavy atom. The summed E-state index contributed by atoms with van der Waals surface area (Å²) in [6, 6.07) is 18.7. The summed E-state index contributed by atoms with van der Waals surface area (Å²) in [7, 11) is 0. The Balaban J connectivity index is 1.41. The smallest absolute Gasteiger partial charge is 0.312 e. The number of likely N-dealkylation sites (tertiary alicyclic amines) is 2. The number of hydrogen-bond donors (Lipinski definition) is 2. The molecule has 0 unspecified atom stereocenters. The number of rotatable bonds is 4. The summed E-state index contributed by atoms with van der Waals surface area (Å²) in [6.07, 6.45) is 1.46. The van der Waals surface area contributed by atoms with Crippen molar-refractivity contribution in [1.29, 1.82) is 0 Å². The molecule has 2 aromatic rings. The van der Waals surface area contributed by atoms with E-state index >= 15 is 0 Å². The fourth-order valence-electron chi connectivity index (χ4n) is 5.32. The Morgan fingerprint density at radius 3 is 1.12 bits per heavy atom. The van der Waals surface area contributed by atoms with Gasteiger partial charge in [0.25, 0.3) is 0 Å². The number of nitrogens with zero attached hydrogens (tertiary/aromatic N) is 2. The van der Waals surface area contributed by atoms with Gasteiger partial charge in [0.05, 0.1) is 10.8 Å². The number of nitrogens with two attached hydrogens (primary N) is 2. The molecule has 0 saturated carbocycles. The maximum Gasteiger partial charge on any atom is 0.312 e. The van der Waals surface area contributed by atoms with Gasteiger partial charge < -0.3 is 21.3 Å². The number of primary amides is 2. The Bertz CT molecular complexity index is 983. The predicted molar refractivity (Wildman–Crippen MR) is 126 cm³/mol. The highest BCUT2D eigenvalue weighted by atomic mass is 16.2. The first-order chi connectivity index (χ1) is 16.3. The normalized spacial score (nSPS) is 19.3. The Hall–Kier alpha value is -3.68. The van der Waals surface area contributed by atoms with Crippen LogP contribution in [0.2, 0.25) is 0 Å². The zero-order valence-electron chi connectivity index (χ0n) is 19.1. The summed E-state index contributed by atoms with van der Waals surface area (Å²) in [4.78, 5) is 53.8. The first kappa shape index (κ1) is 23.5.